The van der Waals surface area contributed by atoms with Crippen molar-refractivity contribution < 1.29 is 9.53 Å². The number of anilines is 1. The van der Waals surface area contributed by atoms with Gasteiger partial charge in [0.15, 0.2) is 6.10 Å². The lowest BCUT2D eigenvalue weighted by atomic mass is 10.1. The molecule has 0 saturated carbocycles. The van der Waals surface area contributed by atoms with Gasteiger partial charge in [0.2, 0.25) is 0 Å². The van der Waals surface area contributed by atoms with Crippen molar-refractivity contribution in [2.75, 3.05) is 5.32 Å². The average molecular weight is 318 g/mol. The molecule has 1 N–H and O–H groups in total. The van der Waals surface area contributed by atoms with E-state index in [1.165, 1.54) is 0 Å². The molecule has 2 aromatic rings. The van der Waals surface area contributed by atoms with Crippen LogP contribution >= 0.6 is 11.6 Å². The molecule has 0 heterocycles. The third-order valence-electron chi connectivity index (χ3n) is 3.57. The zero-order valence-corrected chi connectivity index (χ0v) is 14.0. The molecule has 0 radical (unpaired) electrons. The van der Waals surface area contributed by atoms with Crippen LogP contribution in [0.25, 0.3) is 0 Å². The van der Waals surface area contributed by atoms with Crippen molar-refractivity contribution in [2.24, 2.45) is 0 Å². The van der Waals surface area contributed by atoms with E-state index < -0.39 is 6.10 Å². The van der Waals surface area contributed by atoms with E-state index >= 15 is 0 Å². The number of hydrogen-bond donors (Lipinski definition) is 1. The van der Waals surface area contributed by atoms with Gasteiger partial charge in [-0.15, -0.1) is 0 Å². The van der Waals surface area contributed by atoms with Gasteiger partial charge >= 0.3 is 0 Å². The van der Waals surface area contributed by atoms with Crippen LogP contribution in [-0.2, 0) is 4.79 Å². The second-order valence-electron chi connectivity index (χ2n) is 5.43. The SMILES string of the molecule is Cc1cc(C)c(C)c(O[C@H](C)C(=O)Nc2ccccc2Cl)c1. The van der Waals surface area contributed by atoms with Gasteiger partial charge in [0.1, 0.15) is 5.75 Å². The zero-order chi connectivity index (χ0) is 16.3. The van der Waals surface area contributed by atoms with E-state index in [1.807, 2.05) is 39.0 Å². The average Bonchev–Trinajstić information content (AvgIpc) is 2.46. The maximum absolute atomic E-state index is 12.3. The Hall–Kier alpha value is -2.00. The second kappa shape index (κ2) is 6.84. The first kappa shape index (κ1) is 16.4. The lowest BCUT2D eigenvalue weighted by Gasteiger charge is -2.18. The number of amides is 1. The van der Waals surface area contributed by atoms with E-state index in [9.17, 15) is 4.79 Å². The van der Waals surface area contributed by atoms with Crippen LogP contribution in [0.2, 0.25) is 5.02 Å². The van der Waals surface area contributed by atoms with Crippen LogP contribution < -0.4 is 10.1 Å². The van der Waals surface area contributed by atoms with E-state index in [4.69, 9.17) is 16.3 Å². The Morgan fingerprint density at radius 3 is 2.55 bits per heavy atom. The molecule has 0 bridgehead atoms. The maximum atomic E-state index is 12.3. The number of carbonyl (C=O) groups excluding carboxylic acids is 1. The fourth-order valence-electron chi connectivity index (χ4n) is 2.16. The van der Waals surface area contributed by atoms with Crippen LogP contribution in [0.4, 0.5) is 5.69 Å². The molecule has 0 aromatic heterocycles. The number of halogens is 1. The highest BCUT2D eigenvalue weighted by atomic mass is 35.5. The lowest BCUT2D eigenvalue weighted by Crippen LogP contribution is -2.30. The summed E-state index contributed by atoms with van der Waals surface area (Å²) in [4.78, 5) is 12.3. The van der Waals surface area contributed by atoms with E-state index in [-0.39, 0.29) is 5.91 Å². The fraction of sp³-hybridized carbons (Fsp3) is 0.278. The number of rotatable bonds is 4. The molecule has 0 unspecified atom stereocenters. The van der Waals surface area contributed by atoms with Crippen LogP contribution in [0.5, 0.6) is 5.75 Å². The molecule has 116 valence electrons. The standard InChI is InChI=1S/C18H20ClNO2/c1-11-9-12(2)13(3)17(10-11)22-14(4)18(21)20-16-8-6-5-7-15(16)19/h5-10,14H,1-4H3,(H,20,21)/t14-/m1/s1. The van der Waals surface area contributed by atoms with Crippen molar-refractivity contribution in [1.29, 1.82) is 0 Å². The minimum Gasteiger partial charge on any atom is -0.481 e. The molecule has 0 aliphatic carbocycles. The molecule has 2 aromatic carbocycles. The number of ether oxygens (including phenoxy) is 1. The largest absolute Gasteiger partial charge is 0.481 e. The fourth-order valence-corrected chi connectivity index (χ4v) is 2.35. The van der Waals surface area contributed by atoms with Gasteiger partial charge in [-0.3, -0.25) is 4.79 Å². The lowest BCUT2D eigenvalue weighted by molar-refractivity contribution is -0.122. The summed E-state index contributed by atoms with van der Waals surface area (Å²) in [6, 6.07) is 11.2. The van der Waals surface area contributed by atoms with Gasteiger partial charge in [0.05, 0.1) is 10.7 Å². The summed E-state index contributed by atoms with van der Waals surface area (Å²) in [5.74, 6) is 0.506. The highest BCUT2D eigenvalue weighted by Gasteiger charge is 2.17. The molecule has 22 heavy (non-hydrogen) atoms. The topological polar surface area (TPSA) is 38.3 Å². The second-order valence-corrected chi connectivity index (χ2v) is 5.84. The van der Waals surface area contributed by atoms with Crippen LogP contribution in [-0.4, -0.2) is 12.0 Å². The van der Waals surface area contributed by atoms with E-state index in [0.29, 0.717) is 10.7 Å². The number of benzene rings is 2. The predicted octanol–water partition coefficient (Wildman–Crippen LogP) is 4.67. The molecule has 0 aliphatic heterocycles. The Morgan fingerprint density at radius 1 is 1.18 bits per heavy atom. The Labute approximate surface area is 136 Å². The summed E-state index contributed by atoms with van der Waals surface area (Å²) in [6.07, 6.45) is -0.615. The van der Waals surface area contributed by atoms with Crippen molar-refractivity contribution in [3.8, 4) is 5.75 Å². The highest BCUT2D eigenvalue weighted by Crippen LogP contribution is 2.25. The normalized spacial score (nSPS) is 11.9. The van der Waals surface area contributed by atoms with Gasteiger partial charge in [-0.1, -0.05) is 29.8 Å². The van der Waals surface area contributed by atoms with Crippen LogP contribution in [0.15, 0.2) is 36.4 Å². The van der Waals surface area contributed by atoms with Crippen molar-refractivity contribution in [3.63, 3.8) is 0 Å². The summed E-state index contributed by atoms with van der Waals surface area (Å²) in [5, 5.41) is 3.29. The Morgan fingerprint density at radius 2 is 1.86 bits per heavy atom. The number of carbonyl (C=O) groups is 1. The predicted molar refractivity (Wildman–Crippen MR) is 90.8 cm³/mol. The molecule has 0 aliphatic rings. The van der Waals surface area contributed by atoms with E-state index in [2.05, 4.69) is 11.4 Å². The molecule has 0 saturated heterocycles. The molecule has 1 atom stereocenters. The first-order valence-corrected chi connectivity index (χ1v) is 7.56. The van der Waals surface area contributed by atoms with Crippen molar-refractivity contribution in [1.82, 2.24) is 0 Å². The van der Waals surface area contributed by atoms with Crippen LogP contribution in [0, 0.1) is 20.8 Å². The number of para-hydroxylation sites is 1. The summed E-state index contributed by atoms with van der Waals surface area (Å²) in [5.41, 5.74) is 3.88. The third kappa shape index (κ3) is 3.80. The Balaban J connectivity index is 2.11. The van der Waals surface area contributed by atoms with Gasteiger partial charge in [-0.2, -0.15) is 0 Å². The van der Waals surface area contributed by atoms with E-state index in [1.54, 1.807) is 19.1 Å². The van der Waals surface area contributed by atoms with Crippen molar-refractivity contribution in [3.05, 3.63) is 58.1 Å². The van der Waals surface area contributed by atoms with Crippen molar-refractivity contribution in [2.45, 2.75) is 33.8 Å². The summed E-state index contributed by atoms with van der Waals surface area (Å²) in [6.45, 7) is 7.75. The number of hydrogen-bond acceptors (Lipinski definition) is 2. The molecular formula is C18H20ClNO2. The first-order valence-electron chi connectivity index (χ1n) is 7.18. The maximum Gasteiger partial charge on any atom is 0.265 e. The van der Waals surface area contributed by atoms with Crippen molar-refractivity contribution >= 4 is 23.2 Å². The Bertz CT molecular complexity index is 697. The smallest absolute Gasteiger partial charge is 0.265 e. The quantitative estimate of drug-likeness (QED) is 0.889. The first-order chi connectivity index (χ1) is 10.4. The summed E-state index contributed by atoms with van der Waals surface area (Å²) in [7, 11) is 0. The number of aryl methyl sites for hydroxylation is 2. The monoisotopic (exact) mass is 317 g/mol. The van der Waals surface area contributed by atoms with Crippen LogP contribution in [0.1, 0.15) is 23.6 Å². The highest BCUT2D eigenvalue weighted by molar-refractivity contribution is 6.33. The molecule has 1 amide bonds. The van der Waals surface area contributed by atoms with Gasteiger partial charge in [-0.25, -0.2) is 0 Å². The Kier molecular flexibility index (Phi) is 5.09. The zero-order valence-electron chi connectivity index (χ0n) is 13.2. The molecule has 0 spiro atoms. The van der Waals surface area contributed by atoms with Crippen LogP contribution in [0.3, 0.4) is 0 Å². The molecule has 3 nitrogen and oxygen atoms in total. The summed E-state index contributed by atoms with van der Waals surface area (Å²) < 4.78 is 5.83. The molecule has 0 fully saturated rings. The van der Waals surface area contributed by atoms with Gasteiger partial charge < -0.3 is 10.1 Å². The number of nitrogens with one attached hydrogen (secondary N) is 1. The minimum atomic E-state index is -0.615. The molecule has 4 heteroatoms. The van der Waals surface area contributed by atoms with E-state index in [0.717, 1.165) is 22.4 Å². The van der Waals surface area contributed by atoms with Gasteiger partial charge in [0.25, 0.3) is 5.91 Å². The van der Waals surface area contributed by atoms with Gasteiger partial charge in [0, 0.05) is 0 Å². The minimum absolute atomic E-state index is 0.230. The molecule has 2 rings (SSSR count). The third-order valence-corrected chi connectivity index (χ3v) is 3.90. The molecular weight excluding hydrogens is 298 g/mol. The van der Waals surface area contributed by atoms with Gasteiger partial charge in [-0.05, 0) is 62.6 Å². The summed E-state index contributed by atoms with van der Waals surface area (Å²) >= 11 is 6.04.